The molecule has 0 spiro atoms. The first-order valence-electron chi connectivity index (χ1n) is 8.49. The molecule has 0 fully saturated rings. The summed E-state index contributed by atoms with van der Waals surface area (Å²) in [4.78, 5) is 34.3. The monoisotopic (exact) mass is 387 g/mol. The van der Waals surface area contributed by atoms with Gasteiger partial charge in [0.1, 0.15) is 5.56 Å². The highest BCUT2D eigenvalue weighted by atomic mass is 16.6. The van der Waals surface area contributed by atoms with Gasteiger partial charge >= 0.3 is 0 Å². The quantitative estimate of drug-likeness (QED) is 0.531. The minimum atomic E-state index is -0.643. The molecule has 2 aromatic carbocycles. The molecule has 0 heterocycles. The highest BCUT2D eigenvalue weighted by Gasteiger charge is 2.24. The van der Waals surface area contributed by atoms with Crippen molar-refractivity contribution in [3.05, 3.63) is 57.6 Å². The highest BCUT2D eigenvalue weighted by molar-refractivity contribution is 5.99. The molecule has 148 valence electrons. The number of benzene rings is 2. The number of nitro groups is 1. The van der Waals surface area contributed by atoms with Crippen molar-refractivity contribution in [1.29, 1.82) is 0 Å². The maximum absolute atomic E-state index is 12.5. The molecule has 2 N–H and O–H groups in total. The Morgan fingerprint density at radius 2 is 1.82 bits per heavy atom. The molecule has 9 heteroatoms. The number of nitrogens with zero attached hydrogens (tertiary/aromatic N) is 1. The molecular formula is C19H21N3O6. The van der Waals surface area contributed by atoms with Crippen molar-refractivity contribution in [3.63, 3.8) is 0 Å². The maximum Gasteiger partial charge on any atom is 0.286 e. The Morgan fingerprint density at radius 3 is 2.36 bits per heavy atom. The van der Waals surface area contributed by atoms with Gasteiger partial charge in [-0.3, -0.25) is 19.7 Å². The number of anilines is 1. The Labute approximate surface area is 161 Å². The van der Waals surface area contributed by atoms with E-state index in [4.69, 9.17) is 9.47 Å². The van der Waals surface area contributed by atoms with Crippen molar-refractivity contribution in [2.75, 3.05) is 19.0 Å². The van der Waals surface area contributed by atoms with E-state index >= 15 is 0 Å². The minimum absolute atomic E-state index is 0.121. The van der Waals surface area contributed by atoms with E-state index in [1.165, 1.54) is 26.2 Å². The summed E-state index contributed by atoms with van der Waals surface area (Å²) >= 11 is 0. The van der Waals surface area contributed by atoms with E-state index in [-0.39, 0.29) is 35.2 Å². The van der Waals surface area contributed by atoms with Crippen LogP contribution >= 0.6 is 0 Å². The first kappa shape index (κ1) is 20.7. The number of hydrogen-bond acceptors (Lipinski definition) is 6. The number of nitro benzene ring substituents is 1. The van der Waals surface area contributed by atoms with Gasteiger partial charge < -0.3 is 20.1 Å². The smallest absolute Gasteiger partial charge is 0.286 e. The predicted molar refractivity (Wildman–Crippen MR) is 103 cm³/mol. The van der Waals surface area contributed by atoms with Gasteiger partial charge in [-0.1, -0.05) is 12.1 Å². The summed E-state index contributed by atoms with van der Waals surface area (Å²) < 4.78 is 10.5. The maximum atomic E-state index is 12.5. The van der Waals surface area contributed by atoms with E-state index in [1.54, 1.807) is 31.2 Å². The molecule has 2 aromatic rings. The van der Waals surface area contributed by atoms with Gasteiger partial charge in [0.25, 0.3) is 11.6 Å². The number of carbonyl (C=O) groups excluding carboxylic acids is 2. The van der Waals surface area contributed by atoms with Crippen LogP contribution in [0.5, 0.6) is 11.5 Å². The molecule has 0 unspecified atom stereocenters. The lowest BCUT2D eigenvalue weighted by Crippen LogP contribution is -2.24. The summed E-state index contributed by atoms with van der Waals surface area (Å²) in [5.41, 5.74) is 0.904. The number of methoxy groups -OCH3 is 1. The molecule has 2 amide bonds. The Hall–Kier alpha value is -3.62. The lowest BCUT2D eigenvalue weighted by atomic mass is 10.1. The second kappa shape index (κ2) is 9.36. The molecule has 0 saturated heterocycles. The van der Waals surface area contributed by atoms with E-state index in [9.17, 15) is 19.7 Å². The molecule has 2 rings (SSSR count). The molecule has 0 bridgehead atoms. The van der Waals surface area contributed by atoms with Crippen molar-refractivity contribution < 1.29 is 24.0 Å². The van der Waals surface area contributed by atoms with Crippen LogP contribution in [-0.2, 0) is 11.3 Å². The zero-order valence-electron chi connectivity index (χ0n) is 15.8. The Bertz CT molecular complexity index is 880. The van der Waals surface area contributed by atoms with Crippen LogP contribution in [0, 0.1) is 10.1 Å². The summed E-state index contributed by atoms with van der Waals surface area (Å²) in [5, 5.41) is 16.7. The van der Waals surface area contributed by atoms with Gasteiger partial charge in [-0.05, 0) is 24.6 Å². The van der Waals surface area contributed by atoms with Crippen LogP contribution in [0.4, 0.5) is 11.4 Å². The summed E-state index contributed by atoms with van der Waals surface area (Å²) in [6.07, 6.45) is 0. The van der Waals surface area contributed by atoms with E-state index in [1.807, 2.05) is 0 Å². The fourth-order valence-corrected chi connectivity index (χ4v) is 2.50. The molecule has 0 saturated carbocycles. The Morgan fingerprint density at radius 1 is 1.14 bits per heavy atom. The first-order chi connectivity index (χ1) is 13.3. The predicted octanol–water partition coefficient (Wildman–Crippen LogP) is 2.89. The lowest BCUT2D eigenvalue weighted by Gasteiger charge is -2.12. The fourth-order valence-electron chi connectivity index (χ4n) is 2.50. The van der Waals surface area contributed by atoms with Crippen LogP contribution < -0.4 is 20.1 Å². The van der Waals surface area contributed by atoms with Crippen molar-refractivity contribution in [2.24, 2.45) is 0 Å². The number of hydrogen-bond donors (Lipinski definition) is 2. The summed E-state index contributed by atoms with van der Waals surface area (Å²) in [7, 11) is 1.37. The van der Waals surface area contributed by atoms with Gasteiger partial charge in [0, 0.05) is 25.2 Å². The molecule has 28 heavy (non-hydrogen) atoms. The molecule has 0 atom stereocenters. The van der Waals surface area contributed by atoms with E-state index in [2.05, 4.69) is 10.6 Å². The van der Waals surface area contributed by atoms with Crippen LogP contribution in [-0.4, -0.2) is 30.5 Å². The van der Waals surface area contributed by atoms with Crippen LogP contribution in [0.2, 0.25) is 0 Å². The zero-order chi connectivity index (χ0) is 20.7. The normalized spacial score (nSPS) is 10.1. The Kier molecular flexibility index (Phi) is 6.91. The summed E-state index contributed by atoms with van der Waals surface area (Å²) in [6, 6.07) is 9.34. The molecular weight excluding hydrogens is 366 g/mol. The molecule has 0 aliphatic carbocycles. The van der Waals surface area contributed by atoms with Crippen LogP contribution in [0.15, 0.2) is 36.4 Å². The number of nitrogens with one attached hydrogen (secondary N) is 2. The van der Waals surface area contributed by atoms with Crippen LogP contribution in [0.1, 0.15) is 29.8 Å². The number of amides is 2. The standard InChI is InChI=1S/C19H21N3O6/c1-4-28-18-9-15(16(22(25)26)10-17(18)27-3)19(24)20-11-13-5-7-14(8-6-13)21-12(2)23/h5-10H,4,11H2,1-3H3,(H,20,24)(H,21,23). The number of carbonyl (C=O) groups is 2. The second-order valence-electron chi connectivity index (χ2n) is 5.77. The third kappa shape index (κ3) is 5.19. The van der Waals surface area contributed by atoms with E-state index < -0.39 is 10.8 Å². The topological polar surface area (TPSA) is 120 Å². The third-order valence-electron chi connectivity index (χ3n) is 3.75. The first-order valence-corrected chi connectivity index (χ1v) is 8.49. The van der Waals surface area contributed by atoms with Gasteiger partial charge in [-0.2, -0.15) is 0 Å². The van der Waals surface area contributed by atoms with Gasteiger partial charge in [0.2, 0.25) is 5.91 Å². The van der Waals surface area contributed by atoms with Gasteiger partial charge in [0.15, 0.2) is 11.5 Å². The molecule has 9 nitrogen and oxygen atoms in total. The van der Waals surface area contributed by atoms with Crippen LogP contribution in [0.25, 0.3) is 0 Å². The summed E-state index contributed by atoms with van der Waals surface area (Å²) in [5.74, 6) is -0.363. The van der Waals surface area contributed by atoms with E-state index in [0.717, 1.165) is 5.56 Å². The van der Waals surface area contributed by atoms with Gasteiger partial charge in [0.05, 0.1) is 24.7 Å². The SMILES string of the molecule is CCOc1cc(C(=O)NCc2ccc(NC(C)=O)cc2)c([N+](=O)[O-])cc1OC. The van der Waals surface area contributed by atoms with E-state index in [0.29, 0.717) is 12.3 Å². The average Bonchev–Trinajstić information content (AvgIpc) is 2.66. The molecule has 0 aliphatic heterocycles. The fraction of sp³-hybridized carbons (Fsp3) is 0.263. The summed E-state index contributed by atoms with van der Waals surface area (Å²) in [6.45, 7) is 3.64. The number of ether oxygens (including phenoxy) is 2. The molecule has 0 aliphatic rings. The molecule has 0 aromatic heterocycles. The van der Waals surface area contributed by atoms with Crippen molar-refractivity contribution >= 4 is 23.2 Å². The Balaban J connectivity index is 2.19. The van der Waals surface area contributed by atoms with Crippen LogP contribution in [0.3, 0.4) is 0 Å². The molecule has 0 radical (unpaired) electrons. The minimum Gasteiger partial charge on any atom is -0.493 e. The van der Waals surface area contributed by atoms with Gasteiger partial charge in [-0.25, -0.2) is 0 Å². The number of rotatable bonds is 8. The third-order valence-corrected chi connectivity index (χ3v) is 3.75. The second-order valence-corrected chi connectivity index (χ2v) is 5.77. The average molecular weight is 387 g/mol. The lowest BCUT2D eigenvalue weighted by molar-refractivity contribution is -0.385. The van der Waals surface area contributed by atoms with Crippen molar-refractivity contribution in [2.45, 2.75) is 20.4 Å². The van der Waals surface area contributed by atoms with Gasteiger partial charge in [-0.15, -0.1) is 0 Å². The van der Waals surface area contributed by atoms with Crippen molar-refractivity contribution in [1.82, 2.24) is 5.32 Å². The zero-order valence-corrected chi connectivity index (χ0v) is 15.8. The van der Waals surface area contributed by atoms with Crippen molar-refractivity contribution in [3.8, 4) is 11.5 Å². The largest absolute Gasteiger partial charge is 0.493 e. The highest BCUT2D eigenvalue weighted by Crippen LogP contribution is 2.34.